The van der Waals surface area contributed by atoms with Gasteiger partial charge in [-0.05, 0) is 23.9 Å². The van der Waals surface area contributed by atoms with E-state index < -0.39 is 0 Å². The third kappa shape index (κ3) is 2.33. The maximum Gasteiger partial charge on any atom is 0.191 e. The molecule has 0 radical (unpaired) electrons. The Balaban J connectivity index is 2.10. The zero-order chi connectivity index (χ0) is 10.8. The zero-order valence-electron chi connectivity index (χ0n) is 8.61. The molecule has 0 aromatic carbocycles. The van der Waals surface area contributed by atoms with Gasteiger partial charge in [-0.15, -0.1) is 11.3 Å². The molecular formula is C11H11NO2S. The predicted molar refractivity (Wildman–Crippen MR) is 58.3 cm³/mol. The van der Waals surface area contributed by atoms with Gasteiger partial charge in [-0.1, -0.05) is 0 Å². The molecule has 4 heteroatoms. The number of oxazole rings is 1. The first-order valence-electron chi connectivity index (χ1n) is 4.64. The number of ketones is 1. The minimum atomic E-state index is 0.00431. The first-order chi connectivity index (χ1) is 7.15. The van der Waals surface area contributed by atoms with E-state index in [1.54, 1.807) is 18.3 Å². The zero-order valence-corrected chi connectivity index (χ0v) is 9.43. The van der Waals surface area contributed by atoms with Gasteiger partial charge in [0.05, 0.1) is 0 Å². The predicted octanol–water partition coefficient (Wildman–Crippen LogP) is 2.78. The molecule has 2 aromatic rings. The van der Waals surface area contributed by atoms with Gasteiger partial charge in [0.15, 0.2) is 11.7 Å². The number of thiophene rings is 1. The van der Waals surface area contributed by atoms with E-state index in [1.165, 1.54) is 11.1 Å². The van der Waals surface area contributed by atoms with Crippen molar-refractivity contribution in [3.63, 3.8) is 0 Å². The average molecular weight is 221 g/mol. The molecule has 0 bridgehead atoms. The molecule has 0 aliphatic heterocycles. The van der Waals surface area contributed by atoms with E-state index in [1.807, 2.05) is 18.4 Å². The summed E-state index contributed by atoms with van der Waals surface area (Å²) >= 11 is 1.65. The van der Waals surface area contributed by atoms with Crippen LogP contribution in [0, 0.1) is 13.8 Å². The number of hydrogen-bond donors (Lipinski definition) is 0. The van der Waals surface area contributed by atoms with E-state index in [0.29, 0.717) is 18.0 Å². The molecule has 0 fully saturated rings. The Hall–Kier alpha value is -1.42. The monoisotopic (exact) mass is 221 g/mol. The molecule has 0 spiro atoms. The highest BCUT2D eigenvalue weighted by atomic mass is 32.1. The molecular weight excluding hydrogens is 210 g/mol. The quantitative estimate of drug-likeness (QED) is 0.748. The van der Waals surface area contributed by atoms with Crippen LogP contribution < -0.4 is 0 Å². The number of aryl methyl sites for hydroxylation is 2. The molecule has 0 aliphatic carbocycles. The fourth-order valence-corrected chi connectivity index (χ4v) is 2.07. The number of Topliss-reactive ketones (excluding diaryl/α,β-unsaturated/α-hetero) is 1. The number of carbonyl (C=O) groups is 1. The van der Waals surface area contributed by atoms with Crippen LogP contribution in [0.15, 0.2) is 22.1 Å². The Morgan fingerprint density at radius 2 is 2.33 bits per heavy atom. The van der Waals surface area contributed by atoms with Crippen LogP contribution in [0.2, 0.25) is 0 Å². The van der Waals surface area contributed by atoms with Gasteiger partial charge < -0.3 is 4.42 Å². The van der Waals surface area contributed by atoms with Crippen LogP contribution in [0.3, 0.4) is 0 Å². The standard InChI is InChI=1S/C11H11NO2S/c1-7-3-9(6-15-7)4-11(13)10-5-14-8(2)12-10/h3,5-6H,4H2,1-2H3. The van der Waals surface area contributed by atoms with Crippen molar-refractivity contribution in [2.75, 3.05) is 0 Å². The second-order valence-corrected chi connectivity index (χ2v) is 4.53. The number of carbonyl (C=O) groups excluding carboxylic acids is 1. The van der Waals surface area contributed by atoms with Crippen LogP contribution in [-0.4, -0.2) is 10.8 Å². The van der Waals surface area contributed by atoms with Crippen LogP contribution in [0.5, 0.6) is 0 Å². The lowest BCUT2D eigenvalue weighted by atomic mass is 10.1. The van der Waals surface area contributed by atoms with Crippen molar-refractivity contribution in [1.82, 2.24) is 4.98 Å². The smallest absolute Gasteiger partial charge is 0.191 e. The molecule has 0 saturated heterocycles. The second-order valence-electron chi connectivity index (χ2n) is 3.42. The van der Waals surface area contributed by atoms with Crippen molar-refractivity contribution in [2.24, 2.45) is 0 Å². The fraction of sp³-hybridized carbons (Fsp3) is 0.273. The molecule has 15 heavy (non-hydrogen) atoms. The van der Waals surface area contributed by atoms with Crippen molar-refractivity contribution in [3.05, 3.63) is 39.7 Å². The molecule has 0 atom stereocenters. The summed E-state index contributed by atoms with van der Waals surface area (Å²) in [4.78, 5) is 16.9. The molecule has 0 N–H and O–H groups in total. The number of hydrogen-bond acceptors (Lipinski definition) is 4. The van der Waals surface area contributed by atoms with Gasteiger partial charge in [-0.25, -0.2) is 4.98 Å². The van der Waals surface area contributed by atoms with Gasteiger partial charge in [0.2, 0.25) is 0 Å². The van der Waals surface area contributed by atoms with Crippen LogP contribution in [0.1, 0.15) is 26.8 Å². The summed E-state index contributed by atoms with van der Waals surface area (Å²) in [6.07, 6.45) is 1.81. The van der Waals surface area contributed by atoms with Gasteiger partial charge in [0.1, 0.15) is 12.0 Å². The summed E-state index contributed by atoms with van der Waals surface area (Å²) in [5.74, 6) is 0.532. The van der Waals surface area contributed by atoms with Gasteiger partial charge in [0.25, 0.3) is 0 Å². The Morgan fingerprint density at radius 3 is 2.87 bits per heavy atom. The summed E-state index contributed by atoms with van der Waals surface area (Å²) < 4.78 is 5.00. The lowest BCUT2D eigenvalue weighted by Crippen LogP contribution is -2.03. The Labute approximate surface area is 91.8 Å². The summed E-state index contributed by atoms with van der Waals surface area (Å²) in [5.41, 5.74) is 1.46. The third-order valence-electron chi connectivity index (χ3n) is 2.05. The maximum absolute atomic E-state index is 11.7. The SMILES string of the molecule is Cc1nc(C(=O)Cc2csc(C)c2)co1. The number of nitrogens with zero attached hydrogens (tertiary/aromatic N) is 1. The first-order valence-corrected chi connectivity index (χ1v) is 5.52. The van der Waals surface area contributed by atoms with Crippen LogP contribution in [0.25, 0.3) is 0 Å². The number of rotatable bonds is 3. The van der Waals surface area contributed by atoms with Crippen molar-refractivity contribution >= 4 is 17.1 Å². The van der Waals surface area contributed by atoms with E-state index in [9.17, 15) is 4.79 Å². The topological polar surface area (TPSA) is 43.1 Å². The van der Waals surface area contributed by atoms with E-state index in [4.69, 9.17) is 4.42 Å². The summed E-state index contributed by atoms with van der Waals surface area (Å²) in [7, 11) is 0. The molecule has 0 saturated carbocycles. The third-order valence-corrected chi connectivity index (χ3v) is 2.96. The Bertz CT molecular complexity index is 484. The van der Waals surface area contributed by atoms with E-state index in [-0.39, 0.29) is 5.78 Å². The molecule has 78 valence electrons. The molecule has 2 rings (SSSR count). The minimum Gasteiger partial charge on any atom is -0.449 e. The first kappa shape index (κ1) is 10.1. The fourth-order valence-electron chi connectivity index (χ4n) is 1.36. The van der Waals surface area contributed by atoms with Crippen molar-refractivity contribution in [3.8, 4) is 0 Å². The van der Waals surface area contributed by atoms with E-state index in [0.717, 1.165) is 5.56 Å². The van der Waals surface area contributed by atoms with Crippen molar-refractivity contribution in [2.45, 2.75) is 20.3 Å². The van der Waals surface area contributed by atoms with Crippen molar-refractivity contribution in [1.29, 1.82) is 0 Å². The minimum absolute atomic E-state index is 0.00431. The molecule has 3 nitrogen and oxygen atoms in total. The van der Waals surface area contributed by atoms with E-state index >= 15 is 0 Å². The highest BCUT2D eigenvalue weighted by molar-refractivity contribution is 7.10. The molecule has 0 unspecified atom stereocenters. The van der Waals surface area contributed by atoms with Gasteiger partial charge in [0, 0.05) is 18.2 Å². The van der Waals surface area contributed by atoms with Crippen LogP contribution >= 0.6 is 11.3 Å². The number of aromatic nitrogens is 1. The van der Waals surface area contributed by atoms with Crippen LogP contribution in [0.4, 0.5) is 0 Å². The molecule has 0 aliphatic rings. The highest BCUT2D eigenvalue weighted by Gasteiger charge is 2.11. The summed E-state index contributed by atoms with van der Waals surface area (Å²) in [6, 6.07) is 2.02. The lowest BCUT2D eigenvalue weighted by molar-refractivity contribution is 0.0988. The Morgan fingerprint density at radius 1 is 1.53 bits per heavy atom. The molecule has 2 heterocycles. The highest BCUT2D eigenvalue weighted by Crippen LogP contribution is 2.15. The Kier molecular flexibility index (Phi) is 2.68. The van der Waals surface area contributed by atoms with Gasteiger partial charge in [-0.3, -0.25) is 4.79 Å². The normalized spacial score (nSPS) is 10.5. The average Bonchev–Trinajstić information content (AvgIpc) is 2.75. The summed E-state index contributed by atoms with van der Waals surface area (Å²) in [6.45, 7) is 3.75. The molecule has 0 amide bonds. The molecule has 2 aromatic heterocycles. The van der Waals surface area contributed by atoms with Crippen molar-refractivity contribution < 1.29 is 9.21 Å². The van der Waals surface area contributed by atoms with Gasteiger partial charge in [-0.2, -0.15) is 0 Å². The van der Waals surface area contributed by atoms with Gasteiger partial charge >= 0.3 is 0 Å². The maximum atomic E-state index is 11.7. The lowest BCUT2D eigenvalue weighted by Gasteiger charge is -1.92. The van der Waals surface area contributed by atoms with E-state index in [2.05, 4.69) is 4.98 Å². The second kappa shape index (κ2) is 3.98. The van der Waals surface area contributed by atoms with Crippen LogP contribution in [-0.2, 0) is 6.42 Å². The summed E-state index contributed by atoms with van der Waals surface area (Å²) in [5, 5.41) is 2.00. The largest absolute Gasteiger partial charge is 0.449 e.